The van der Waals surface area contributed by atoms with Crippen LogP contribution in [0.4, 0.5) is 8.78 Å². The van der Waals surface area contributed by atoms with Crippen LogP contribution < -0.4 is 0 Å². The van der Waals surface area contributed by atoms with Crippen molar-refractivity contribution in [1.82, 2.24) is 4.98 Å². The zero-order chi connectivity index (χ0) is 15.1. The molecule has 0 atom stereocenters. The van der Waals surface area contributed by atoms with Crippen LogP contribution in [0.2, 0.25) is 0 Å². The smallest absolute Gasteiger partial charge is 0.159 e. The maximum atomic E-state index is 13.4. The largest absolute Gasteiger partial charge is 0.354 e. The Hall–Kier alpha value is -2.49. The molecule has 0 fully saturated rings. The van der Waals surface area contributed by atoms with Gasteiger partial charge in [0.1, 0.15) is 0 Å². The van der Waals surface area contributed by atoms with E-state index in [1.807, 2.05) is 26.0 Å². The first-order chi connectivity index (χ1) is 10.0. The zero-order valence-electron chi connectivity index (χ0n) is 11.6. The number of aldehydes is 1. The van der Waals surface area contributed by atoms with Crippen molar-refractivity contribution in [2.45, 2.75) is 13.8 Å². The first-order valence-electron chi connectivity index (χ1n) is 6.55. The normalized spacial score (nSPS) is 11.0. The molecular weight excluding hydrogens is 272 g/mol. The lowest BCUT2D eigenvalue weighted by Crippen LogP contribution is -1.88. The molecule has 0 aliphatic carbocycles. The first-order valence-corrected chi connectivity index (χ1v) is 6.55. The number of hydrogen-bond donors (Lipinski definition) is 1. The minimum absolute atomic E-state index is 0.448. The Labute approximate surface area is 120 Å². The van der Waals surface area contributed by atoms with Gasteiger partial charge in [-0.25, -0.2) is 8.78 Å². The second-order valence-electron chi connectivity index (χ2n) is 5.16. The Bertz CT molecular complexity index is 865. The summed E-state index contributed by atoms with van der Waals surface area (Å²) >= 11 is 0. The van der Waals surface area contributed by atoms with Crippen LogP contribution in [-0.4, -0.2) is 11.3 Å². The van der Waals surface area contributed by atoms with Crippen molar-refractivity contribution in [2.24, 2.45) is 0 Å². The average Bonchev–Trinajstić information content (AvgIpc) is 2.80. The summed E-state index contributed by atoms with van der Waals surface area (Å²) < 4.78 is 26.5. The first kappa shape index (κ1) is 13.5. The quantitative estimate of drug-likeness (QED) is 0.689. The molecule has 3 aromatic rings. The van der Waals surface area contributed by atoms with Gasteiger partial charge in [0.2, 0.25) is 0 Å². The average molecular weight is 285 g/mol. The van der Waals surface area contributed by atoms with E-state index < -0.39 is 11.6 Å². The second kappa shape index (κ2) is 4.81. The van der Waals surface area contributed by atoms with E-state index in [0.717, 1.165) is 40.4 Å². The number of aromatic nitrogens is 1. The van der Waals surface area contributed by atoms with Crippen LogP contribution in [0, 0.1) is 25.5 Å². The van der Waals surface area contributed by atoms with Gasteiger partial charge in [-0.05, 0) is 43.7 Å². The molecule has 106 valence electrons. The van der Waals surface area contributed by atoms with E-state index in [1.165, 1.54) is 6.07 Å². The predicted octanol–water partition coefficient (Wildman–Crippen LogP) is 4.54. The van der Waals surface area contributed by atoms with E-state index in [0.29, 0.717) is 16.8 Å². The maximum Gasteiger partial charge on any atom is 0.159 e. The lowest BCUT2D eigenvalue weighted by Gasteiger charge is -2.01. The number of benzene rings is 2. The molecule has 21 heavy (non-hydrogen) atoms. The number of rotatable bonds is 2. The minimum Gasteiger partial charge on any atom is -0.354 e. The van der Waals surface area contributed by atoms with Crippen molar-refractivity contribution in [1.29, 1.82) is 0 Å². The molecule has 3 rings (SSSR count). The number of aryl methyl sites for hydroxylation is 2. The highest BCUT2D eigenvalue weighted by Crippen LogP contribution is 2.32. The van der Waals surface area contributed by atoms with Crippen LogP contribution >= 0.6 is 0 Å². The van der Waals surface area contributed by atoms with Gasteiger partial charge >= 0.3 is 0 Å². The molecule has 0 unspecified atom stereocenters. The Morgan fingerprint density at radius 2 is 1.81 bits per heavy atom. The molecule has 2 aromatic carbocycles. The topological polar surface area (TPSA) is 32.9 Å². The number of fused-ring (bicyclic) bond motifs is 1. The van der Waals surface area contributed by atoms with E-state index >= 15 is 0 Å². The van der Waals surface area contributed by atoms with Gasteiger partial charge in [-0.15, -0.1) is 0 Å². The summed E-state index contributed by atoms with van der Waals surface area (Å²) in [5, 5.41) is 0.794. The fourth-order valence-corrected chi connectivity index (χ4v) is 2.67. The third kappa shape index (κ3) is 2.13. The summed E-state index contributed by atoms with van der Waals surface area (Å²) in [4.78, 5) is 14.6. The molecule has 0 bridgehead atoms. The molecule has 0 aliphatic heterocycles. The van der Waals surface area contributed by atoms with Crippen molar-refractivity contribution >= 4 is 17.2 Å². The van der Waals surface area contributed by atoms with Crippen LogP contribution in [0.1, 0.15) is 21.5 Å². The molecule has 0 amide bonds. The van der Waals surface area contributed by atoms with E-state index in [2.05, 4.69) is 4.98 Å². The fraction of sp³-hybridized carbons (Fsp3) is 0.118. The molecule has 1 N–H and O–H groups in total. The summed E-state index contributed by atoms with van der Waals surface area (Å²) in [6.07, 6.45) is 0.744. The Morgan fingerprint density at radius 3 is 2.48 bits per heavy atom. The van der Waals surface area contributed by atoms with Crippen LogP contribution in [0.25, 0.3) is 22.2 Å². The third-order valence-corrected chi connectivity index (χ3v) is 3.62. The lowest BCUT2D eigenvalue weighted by atomic mass is 10.0. The predicted molar refractivity (Wildman–Crippen MR) is 78.5 cm³/mol. The van der Waals surface area contributed by atoms with Gasteiger partial charge in [0.15, 0.2) is 17.9 Å². The van der Waals surface area contributed by atoms with Gasteiger partial charge in [-0.1, -0.05) is 11.6 Å². The van der Waals surface area contributed by atoms with Crippen LogP contribution in [0.3, 0.4) is 0 Å². The van der Waals surface area contributed by atoms with Gasteiger partial charge in [0, 0.05) is 22.0 Å². The van der Waals surface area contributed by atoms with E-state index in [-0.39, 0.29) is 0 Å². The molecule has 1 aromatic heterocycles. The molecule has 1 heterocycles. The highest BCUT2D eigenvalue weighted by Gasteiger charge is 2.15. The highest BCUT2D eigenvalue weighted by molar-refractivity contribution is 6.05. The van der Waals surface area contributed by atoms with E-state index in [9.17, 15) is 13.6 Å². The summed E-state index contributed by atoms with van der Waals surface area (Å²) in [7, 11) is 0. The zero-order valence-corrected chi connectivity index (χ0v) is 11.6. The van der Waals surface area contributed by atoms with Gasteiger partial charge < -0.3 is 4.98 Å². The van der Waals surface area contributed by atoms with Gasteiger partial charge in [0.05, 0.1) is 5.69 Å². The standard InChI is InChI=1S/C17H13F2NO/c1-9-5-10(2)16-12(6-9)13(8-21)17(20-16)11-3-4-14(18)15(19)7-11/h3-8,20H,1-2H3. The molecule has 0 saturated carbocycles. The molecule has 0 saturated heterocycles. The summed E-state index contributed by atoms with van der Waals surface area (Å²) in [5.74, 6) is -1.84. The van der Waals surface area contributed by atoms with E-state index in [1.54, 1.807) is 0 Å². The highest BCUT2D eigenvalue weighted by atomic mass is 19.2. The van der Waals surface area contributed by atoms with Crippen molar-refractivity contribution < 1.29 is 13.6 Å². The van der Waals surface area contributed by atoms with Crippen LogP contribution in [0.15, 0.2) is 30.3 Å². The summed E-state index contributed by atoms with van der Waals surface area (Å²) in [6.45, 7) is 3.89. The number of halogens is 2. The third-order valence-electron chi connectivity index (χ3n) is 3.62. The molecule has 0 spiro atoms. The maximum absolute atomic E-state index is 13.4. The number of carbonyl (C=O) groups is 1. The van der Waals surface area contributed by atoms with Gasteiger partial charge in [-0.3, -0.25) is 4.79 Å². The van der Waals surface area contributed by atoms with E-state index in [4.69, 9.17) is 0 Å². The number of carbonyl (C=O) groups excluding carboxylic acids is 1. The Morgan fingerprint density at radius 1 is 1.05 bits per heavy atom. The monoisotopic (exact) mass is 285 g/mol. The molecule has 4 heteroatoms. The van der Waals surface area contributed by atoms with Crippen molar-refractivity contribution in [3.63, 3.8) is 0 Å². The molecule has 0 radical (unpaired) electrons. The number of aromatic amines is 1. The number of nitrogens with one attached hydrogen (secondary N) is 1. The van der Waals surface area contributed by atoms with Gasteiger partial charge in [-0.2, -0.15) is 0 Å². The summed E-state index contributed by atoms with van der Waals surface area (Å²) in [6, 6.07) is 7.52. The Kier molecular flexibility index (Phi) is 3.09. The SMILES string of the molecule is Cc1cc(C)c2[nH]c(-c3ccc(F)c(F)c3)c(C=O)c2c1. The fourth-order valence-electron chi connectivity index (χ4n) is 2.67. The minimum atomic E-state index is -0.934. The molecule has 2 nitrogen and oxygen atoms in total. The van der Waals surface area contributed by atoms with Crippen molar-refractivity contribution in [3.8, 4) is 11.3 Å². The molecule has 0 aliphatic rings. The lowest BCUT2D eigenvalue weighted by molar-refractivity contribution is 0.112. The van der Waals surface area contributed by atoms with Crippen LogP contribution in [-0.2, 0) is 0 Å². The van der Waals surface area contributed by atoms with Gasteiger partial charge in [0.25, 0.3) is 0 Å². The second-order valence-corrected chi connectivity index (χ2v) is 5.16. The number of H-pyrrole nitrogens is 1. The summed E-state index contributed by atoms with van der Waals surface area (Å²) in [5.41, 5.74) is 4.29. The van der Waals surface area contributed by atoms with Crippen LogP contribution in [0.5, 0.6) is 0 Å². The Balaban J connectivity index is 2.34. The number of hydrogen-bond acceptors (Lipinski definition) is 1. The van der Waals surface area contributed by atoms with Crippen molar-refractivity contribution in [2.75, 3.05) is 0 Å². The van der Waals surface area contributed by atoms with Crippen molar-refractivity contribution in [3.05, 3.63) is 58.7 Å². The molecular formula is C17H13F2NO.